The maximum Gasteiger partial charge on any atom is 0.239 e. The van der Waals surface area contributed by atoms with E-state index in [9.17, 15) is 13.2 Å². The van der Waals surface area contributed by atoms with Gasteiger partial charge < -0.3 is 19.5 Å². The summed E-state index contributed by atoms with van der Waals surface area (Å²) in [5.41, 5.74) is 1.25. The molecule has 0 saturated carbocycles. The smallest absolute Gasteiger partial charge is 0.239 e. The Hall–Kier alpha value is -2.78. The summed E-state index contributed by atoms with van der Waals surface area (Å²) in [7, 11) is -2.03. The second-order valence-electron chi connectivity index (χ2n) is 6.00. The van der Waals surface area contributed by atoms with Crippen molar-refractivity contribution in [1.82, 2.24) is 4.31 Å². The van der Waals surface area contributed by atoms with Crippen LogP contribution < -0.4 is 19.5 Å². The van der Waals surface area contributed by atoms with Gasteiger partial charge in [-0.25, -0.2) is 8.42 Å². The average Bonchev–Trinajstić information content (AvgIpc) is 3.08. The van der Waals surface area contributed by atoms with Crippen LogP contribution in [0.5, 0.6) is 17.2 Å². The molecule has 1 heterocycles. The molecule has 0 spiro atoms. The summed E-state index contributed by atoms with van der Waals surface area (Å²) in [6, 6.07) is 12.0. The predicted octanol–water partition coefficient (Wildman–Crippen LogP) is 1.82. The molecule has 1 aliphatic heterocycles. The fourth-order valence-electron chi connectivity index (χ4n) is 2.56. The lowest BCUT2D eigenvalue weighted by atomic mass is 10.2. The summed E-state index contributed by atoms with van der Waals surface area (Å²) in [4.78, 5) is 12.4. The molecule has 0 radical (unpaired) electrons. The maximum atomic E-state index is 12.4. The van der Waals surface area contributed by atoms with E-state index in [1.54, 1.807) is 49.6 Å². The molecule has 2 aromatic rings. The summed E-state index contributed by atoms with van der Waals surface area (Å²) in [5, 5.41) is 2.68. The number of hydrogen-bond donors (Lipinski definition) is 1. The highest BCUT2D eigenvalue weighted by Crippen LogP contribution is 2.34. The standard InChI is InChI=1S/C18H20N2O6S/c1-24-15-6-3-13(4-7-15)10-20(27(2,22)23)11-18(21)19-14-5-8-16-17(9-14)26-12-25-16/h3-9H,10-12H2,1-2H3,(H,19,21). The third-order valence-corrected chi connectivity index (χ3v) is 5.16. The van der Waals surface area contributed by atoms with Crippen LogP contribution in [0.1, 0.15) is 5.56 Å². The van der Waals surface area contributed by atoms with Crippen molar-refractivity contribution in [2.75, 3.05) is 32.0 Å². The van der Waals surface area contributed by atoms with Gasteiger partial charge in [-0.05, 0) is 29.8 Å². The predicted molar refractivity (Wildman–Crippen MR) is 99.4 cm³/mol. The van der Waals surface area contributed by atoms with Crippen LogP contribution in [0.25, 0.3) is 0 Å². The minimum absolute atomic E-state index is 0.0807. The van der Waals surface area contributed by atoms with Crippen LogP contribution >= 0.6 is 0 Å². The first-order valence-corrected chi connectivity index (χ1v) is 9.97. The van der Waals surface area contributed by atoms with Crippen LogP contribution in [-0.2, 0) is 21.4 Å². The van der Waals surface area contributed by atoms with Crippen molar-refractivity contribution in [3.05, 3.63) is 48.0 Å². The van der Waals surface area contributed by atoms with E-state index in [1.165, 1.54) is 0 Å². The van der Waals surface area contributed by atoms with Crippen LogP contribution in [0.15, 0.2) is 42.5 Å². The summed E-state index contributed by atoms with van der Waals surface area (Å²) >= 11 is 0. The second kappa shape index (κ2) is 7.85. The van der Waals surface area contributed by atoms with E-state index in [1.807, 2.05) is 0 Å². The van der Waals surface area contributed by atoms with Crippen molar-refractivity contribution < 1.29 is 27.4 Å². The number of benzene rings is 2. The van der Waals surface area contributed by atoms with Gasteiger partial charge in [0.05, 0.1) is 19.9 Å². The molecule has 0 aromatic heterocycles. The number of carbonyl (C=O) groups is 1. The Labute approximate surface area is 157 Å². The molecule has 0 atom stereocenters. The van der Waals surface area contributed by atoms with Crippen molar-refractivity contribution in [2.45, 2.75) is 6.54 Å². The molecule has 2 aromatic carbocycles. The lowest BCUT2D eigenvalue weighted by molar-refractivity contribution is -0.116. The number of sulfonamides is 1. The van der Waals surface area contributed by atoms with Crippen LogP contribution in [-0.4, -0.2) is 45.3 Å². The summed E-state index contributed by atoms with van der Waals surface area (Å²) < 4.78 is 40.8. The fourth-order valence-corrected chi connectivity index (χ4v) is 3.30. The molecular weight excluding hydrogens is 372 g/mol. The van der Waals surface area contributed by atoms with Crippen LogP contribution in [0.2, 0.25) is 0 Å². The van der Waals surface area contributed by atoms with Crippen molar-refractivity contribution in [2.24, 2.45) is 0 Å². The van der Waals surface area contributed by atoms with E-state index >= 15 is 0 Å². The lowest BCUT2D eigenvalue weighted by Crippen LogP contribution is -2.36. The van der Waals surface area contributed by atoms with Gasteiger partial charge in [0.15, 0.2) is 11.5 Å². The van der Waals surface area contributed by atoms with Crippen molar-refractivity contribution in [3.8, 4) is 17.2 Å². The highest BCUT2D eigenvalue weighted by atomic mass is 32.2. The van der Waals surface area contributed by atoms with Crippen LogP contribution in [0, 0.1) is 0 Å². The number of ether oxygens (including phenoxy) is 3. The molecule has 0 saturated heterocycles. The molecule has 8 nitrogen and oxygen atoms in total. The van der Waals surface area contributed by atoms with Gasteiger partial charge in [0.2, 0.25) is 22.7 Å². The Kier molecular flexibility index (Phi) is 5.52. The zero-order chi connectivity index (χ0) is 19.4. The van der Waals surface area contributed by atoms with E-state index in [4.69, 9.17) is 14.2 Å². The lowest BCUT2D eigenvalue weighted by Gasteiger charge is -2.20. The molecule has 3 rings (SSSR count). The average molecular weight is 392 g/mol. The largest absolute Gasteiger partial charge is 0.497 e. The normalized spacial score (nSPS) is 12.9. The number of nitrogens with one attached hydrogen (secondary N) is 1. The van der Waals surface area contributed by atoms with Gasteiger partial charge in [-0.15, -0.1) is 0 Å². The van der Waals surface area contributed by atoms with Gasteiger partial charge >= 0.3 is 0 Å². The van der Waals surface area contributed by atoms with Crippen LogP contribution in [0.3, 0.4) is 0 Å². The Morgan fingerprint density at radius 1 is 1.15 bits per heavy atom. The molecule has 0 fully saturated rings. The SMILES string of the molecule is COc1ccc(CN(CC(=O)Nc2ccc3c(c2)OCO3)S(C)(=O)=O)cc1. The van der Waals surface area contributed by atoms with Crippen molar-refractivity contribution in [3.63, 3.8) is 0 Å². The number of anilines is 1. The molecule has 1 aliphatic rings. The molecule has 144 valence electrons. The molecule has 9 heteroatoms. The highest BCUT2D eigenvalue weighted by molar-refractivity contribution is 7.88. The fraction of sp³-hybridized carbons (Fsp3) is 0.278. The first kappa shape index (κ1) is 19.0. The Morgan fingerprint density at radius 2 is 1.85 bits per heavy atom. The first-order valence-electron chi connectivity index (χ1n) is 8.13. The minimum atomic E-state index is -3.58. The number of nitrogens with zero attached hydrogens (tertiary/aromatic N) is 1. The van der Waals surface area contributed by atoms with E-state index in [2.05, 4.69) is 5.32 Å². The van der Waals surface area contributed by atoms with Crippen molar-refractivity contribution >= 4 is 21.6 Å². The van der Waals surface area contributed by atoms with E-state index < -0.39 is 15.9 Å². The maximum absolute atomic E-state index is 12.4. The Balaban J connectivity index is 1.67. The monoisotopic (exact) mass is 392 g/mol. The van der Waals surface area contributed by atoms with E-state index in [0.717, 1.165) is 16.1 Å². The van der Waals surface area contributed by atoms with Gasteiger partial charge in [-0.2, -0.15) is 4.31 Å². The minimum Gasteiger partial charge on any atom is -0.497 e. The number of carbonyl (C=O) groups excluding carboxylic acids is 1. The third-order valence-electron chi connectivity index (χ3n) is 3.96. The second-order valence-corrected chi connectivity index (χ2v) is 7.98. The summed E-state index contributed by atoms with van der Waals surface area (Å²) in [6.45, 7) is -0.0901. The third kappa shape index (κ3) is 4.89. The zero-order valence-electron chi connectivity index (χ0n) is 15.0. The van der Waals surface area contributed by atoms with Gasteiger partial charge in [-0.1, -0.05) is 12.1 Å². The molecule has 0 aliphatic carbocycles. The number of methoxy groups -OCH3 is 1. The summed E-state index contributed by atoms with van der Waals surface area (Å²) in [5.74, 6) is 1.36. The number of fused-ring (bicyclic) bond motifs is 1. The zero-order valence-corrected chi connectivity index (χ0v) is 15.8. The van der Waals surface area contributed by atoms with Gasteiger partial charge in [0.25, 0.3) is 0 Å². The number of amides is 1. The highest BCUT2D eigenvalue weighted by Gasteiger charge is 2.21. The Morgan fingerprint density at radius 3 is 2.52 bits per heavy atom. The van der Waals surface area contributed by atoms with Gasteiger partial charge in [-0.3, -0.25) is 4.79 Å². The quantitative estimate of drug-likeness (QED) is 0.773. The number of hydrogen-bond acceptors (Lipinski definition) is 6. The topological polar surface area (TPSA) is 94.2 Å². The first-order chi connectivity index (χ1) is 12.8. The van der Waals surface area contributed by atoms with E-state index in [-0.39, 0.29) is 19.9 Å². The van der Waals surface area contributed by atoms with Gasteiger partial charge in [0.1, 0.15) is 5.75 Å². The molecular formula is C18H20N2O6S. The summed E-state index contributed by atoms with van der Waals surface area (Å²) in [6.07, 6.45) is 1.07. The molecule has 0 unspecified atom stereocenters. The van der Waals surface area contributed by atoms with Gasteiger partial charge in [0, 0.05) is 18.3 Å². The molecule has 27 heavy (non-hydrogen) atoms. The molecule has 1 N–H and O–H groups in total. The van der Waals surface area contributed by atoms with Crippen LogP contribution in [0.4, 0.5) is 5.69 Å². The number of rotatable bonds is 7. The van der Waals surface area contributed by atoms with Crippen molar-refractivity contribution in [1.29, 1.82) is 0 Å². The molecule has 1 amide bonds. The van der Waals surface area contributed by atoms with E-state index in [0.29, 0.717) is 22.9 Å². The Bertz CT molecular complexity index is 927. The molecule has 0 bridgehead atoms.